The van der Waals surface area contributed by atoms with Crippen molar-refractivity contribution in [1.29, 1.82) is 0 Å². The van der Waals surface area contributed by atoms with E-state index in [9.17, 15) is 4.79 Å². The van der Waals surface area contributed by atoms with Gasteiger partial charge in [0.15, 0.2) is 8.68 Å². The first-order chi connectivity index (χ1) is 9.60. The Labute approximate surface area is 138 Å². The van der Waals surface area contributed by atoms with E-state index in [4.69, 9.17) is 23.2 Å². The number of amides is 1. The number of nitrogens with zero attached hydrogens (tertiary/aromatic N) is 2. The molecule has 0 aliphatic carbocycles. The van der Waals surface area contributed by atoms with Gasteiger partial charge in [0.2, 0.25) is 5.91 Å². The molecule has 106 valence electrons. The molecular weight excluding hydrogens is 357 g/mol. The van der Waals surface area contributed by atoms with Gasteiger partial charge in [-0.2, -0.15) is 0 Å². The summed E-state index contributed by atoms with van der Waals surface area (Å²) in [6, 6.07) is 5.07. The summed E-state index contributed by atoms with van der Waals surface area (Å²) in [7, 11) is 0. The standard InChI is InChI=1S/C11H9Cl2N3OS3/c1-18-10-15-16-11(20-10)19-5-8(17)14-9-6(12)3-2-4-7(9)13/h2-4H,5H2,1H3,(H,14,17). The average Bonchev–Trinajstić information content (AvgIpc) is 2.89. The van der Waals surface area contributed by atoms with Crippen LogP contribution in [0.1, 0.15) is 0 Å². The predicted octanol–water partition coefficient (Wildman–Crippen LogP) is 4.30. The first-order valence-electron chi connectivity index (χ1n) is 5.34. The zero-order chi connectivity index (χ0) is 14.5. The lowest BCUT2D eigenvalue weighted by molar-refractivity contribution is -0.113. The minimum atomic E-state index is -0.189. The van der Waals surface area contributed by atoms with E-state index in [2.05, 4.69) is 15.5 Å². The molecule has 0 spiro atoms. The molecule has 0 saturated heterocycles. The summed E-state index contributed by atoms with van der Waals surface area (Å²) in [5, 5.41) is 11.5. The Morgan fingerprint density at radius 1 is 1.30 bits per heavy atom. The third-order valence-corrected chi connectivity index (χ3v) is 5.78. The highest BCUT2D eigenvalue weighted by atomic mass is 35.5. The lowest BCUT2D eigenvalue weighted by Gasteiger charge is -2.08. The van der Waals surface area contributed by atoms with Crippen LogP contribution in [0.2, 0.25) is 10.0 Å². The van der Waals surface area contributed by atoms with E-state index in [-0.39, 0.29) is 11.7 Å². The predicted molar refractivity (Wildman–Crippen MR) is 87.5 cm³/mol. The normalized spacial score (nSPS) is 10.6. The monoisotopic (exact) mass is 365 g/mol. The molecule has 0 fully saturated rings. The maximum Gasteiger partial charge on any atom is 0.234 e. The molecule has 2 aromatic rings. The maximum atomic E-state index is 11.9. The van der Waals surface area contributed by atoms with Gasteiger partial charge < -0.3 is 5.32 Å². The van der Waals surface area contributed by atoms with Crippen LogP contribution in [0.3, 0.4) is 0 Å². The number of aromatic nitrogens is 2. The molecular formula is C11H9Cl2N3OS3. The lowest BCUT2D eigenvalue weighted by Crippen LogP contribution is -2.14. The number of halogens is 2. The van der Waals surface area contributed by atoms with Crippen LogP contribution in [0.25, 0.3) is 0 Å². The fourth-order valence-electron chi connectivity index (χ4n) is 1.26. The SMILES string of the molecule is CSc1nnc(SCC(=O)Nc2c(Cl)cccc2Cl)s1. The molecule has 0 aliphatic rings. The number of nitrogens with one attached hydrogen (secondary N) is 1. The number of thioether (sulfide) groups is 2. The van der Waals surface area contributed by atoms with Gasteiger partial charge in [0.1, 0.15) is 0 Å². The number of hydrogen-bond acceptors (Lipinski definition) is 6. The number of anilines is 1. The molecule has 20 heavy (non-hydrogen) atoms. The van der Waals surface area contributed by atoms with Gasteiger partial charge in [-0.3, -0.25) is 4.79 Å². The van der Waals surface area contributed by atoms with E-state index in [1.165, 1.54) is 34.9 Å². The van der Waals surface area contributed by atoms with Crippen LogP contribution in [0.5, 0.6) is 0 Å². The van der Waals surface area contributed by atoms with E-state index in [1.54, 1.807) is 18.2 Å². The van der Waals surface area contributed by atoms with Crippen LogP contribution in [-0.4, -0.2) is 28.1 Å². The molecule has 1 N–H and O–H groups in total. The molecule has 9 heteroatoms. The van der Waals surface area contributed by atoms with E-state index < -0.39 is 0 Å². The van der Waals surface area contributed by atoms with Gasteiger partial charge >= 0.3 is 0 Å². The highest BCUT2D eigenvalue weighted by Crippen LogP contribution is 2.31. The van der Waals surface area contributed by atoms with E-state index in [0.29, 0.717) is 15.7 Å². The summed E-state index contributed by atoms with van der Waals surface area (Å²) in [4.78, 5) is 11.9. The summed E-state index contributed by atoms with van der Waals surface area (Å²) >= 11 is 16.3. The molecule has 0 saturated carbocycles. The third-order valence-electron chi connectivity index (χ3n) is 2.12. The third kappa shape index (κ3) is 4.26. The van der Waals surface area contributed by atoms with E-state index >= 15 is 0 Å². The van der Waals surface area contributed by atoms with Gasteiger partial charge in [-0.05, 0) is 18.4 Å². The largest absolute Gasteiger partial charge is 0.323 e. The molecule has 0 radical (unpaired) electrons. The highest BCUT2D eigenvalue weighted by Gasteiger charge is 2.11. The molecule has 0 bridgehead atoms. The van der Waals surface area contributed by atoms with Crippen LogP contribution in [0.4, 0.5) is 5.69 Å². The van der Waals surface area contributed by atoms with Gasteiger partial charge in [0, 0.05) is 0 Å². The van der Waals surface area contributed by atoms with Crippen molar-refractivity contribution in [2.45, 2.75) is 8.68 Å². The first-order valence-corrected chi connectivity index (χ1v) is 9.12. The summed E-state index contributed by atoms with van der Waals surface area (Å²) in [6.07, 6.45) is 1.93. The second kappa shape index (κ2) is 7.51. The zero-order valence-electron chi connectivity index (χ0n) is 10.2. The Bertz CT molecular complexity index is 600. The number of hydrogen-bond donors (Lipinski definition) is 1. The molecule has 0 aliphatic heterocycles. The van der Waals surface area contributed by atoms with Crippen LogP contribution in [0.15, 0.2) is 26.9 Å². The van der Waals surface area contributed by atoms with Crippen molar-refractivity contribution in [3.8, 4) is 0 Å². The molecule has 0 unspecified atom stereocenters. The van der Waals surface area contributed by atoms with Crippen LogP contribution >= 0.6 is 58.1 Å². The Hall–Kier alpha value is -0.470. The Balaban J connectivity index is 1.92. The number of para-hydroxylation sites is 1. The molecule has 4 nitrogen and oxygen atoms in total. The van der Waals surface area contributed by atoms with Gasteiger partial charge in [-0.15, -0.1) is 10.2 Å². The quantitative estimate of drug-likeness (QED) is 0.800. The molecule has 1 aromatic heterocycles. The van der Waals surface area contributed by atoms with Crippen LogP contribution in [-0.2, 0) is 4.79 Å². The minimum Gasteiger partial charge on any atom is -0.323 e. The number of carbonyl (C=O) groups is 1. The van der Waals surface area contributed by atoms with Gasteiger partial charge in [0.05, 0.1) is 21.5 Å². The maximum absolute atomic E-state index is 11.9. The molecule has 1 amide bonds. The molecule has 2 rings (SSSR count). The Morgan fingerprint density at radius 2 is 1.95 bits per heavy atom. The van der Waals surface area contributed by atoms with E-state index in [1.807, 2.05) is 6.26 Å². The molecule has 0 atom stereocenters. The van der Waals surface area contributed by atoms with Crippen molar-refractivity contribution in [2.24, 2.45) is 0 Å². The van der Waals surface area contributed by atoms with Crippen molar-refractivity contribution >= 4 is 69.7 Å². The van der Waals surface area contributed by atoms with Gasteiger partial charge in [-0.25, -0.2) is 0 Å². The second-order valence-corrected chi connectivity index (χ2v) is 7.54. The van der Waals surface area contributed by atoms with Crippen molar-refractivity contribution in [3.63, 3.8) is 0 Å². The minimum absolute atomic E-state index is 0.189. The summed E-state index contributed by atoms with van der Waals surface area (Å²) in [6.45, 7) is 0. The smallest absolute Gasteiger partial charge is 0.234 e. The number of rotatable bonds is 5. The van der Waals surface area contributed by atoms with Crippen molar-refractivity contribution < 1.29 is 4.79 Å². The Morgan fingerprint density at radius 3 is 2.55 bits per heavy atom. The van der Waals surface area contributed by atoms with E-state index in [0.717, 1.165) is 8.68 Å². The summed E-state index contributed by atoms with van der Waals surface area (Å²) in [5.41, 5.74) is 0.434. The number of benzene rings is 1. The molecule has 1 aromatic carbocycles. The average molecular weight is 366 g/mol. The highest BCUT2D eigenvalue weighted by molar-refractivity contribution is 8.03. The topological polar surface area (TPSA) is 54.9 Å². The number of carbonyl (C=O) groups excluding carboxylic acids is 1. The van der Waals surface area contributed by atoms with Crippen molar-refractivity contribution in [2.75, 3.05) is 17.3 Å². The fourth-order valence-corrected chi connectivity index (χ4v) is 3.99. The summed E-state index contributed by atoms with van der Waals surface area (Å²) in [5.74, 6) is 0.0378. The lowest BCUT2D eigenvalue weighted by atomic mass is 10.3. The zero-order valence-corrected chi connectivity index (χ0v) is 14.2. The van der Waals surface area contributed by atoms with Gasteiger partial charge in [0.25, 0.3) is 0 Å². The Kier molecular flexibility index (Phi) is 5.98. The second-order valence-electron chi connectivity index (χ2n) is 3.47. The first kappa shape index (κ1) is 15.9. The van der Waals surface area contributed by atoms with Gasteiger partial charge in [-0.1, -0.05) is 64.1 Å². The van der Waals surface area contributed by atoms with Crippen LogP contribution < -0.4 is 5.32 Å². The fraction of sp³-hybridized carbons (Fsp3) is 0.182. The van der Waals surface area contributed by atoms with Crippen LogP contribution in [0, 0.1) is 0 Å². The summed E-state index contributed by atoms with van der Waals surface area (Å²) < 4.78 is 1.64. The molecule has 1 heterocycles. The van der Waals surface area contributed by atoms with Crippen molar-refractivity contribution in [3.05, 3.63) is 28.2 Å². The van der Waals surface area contributed by atoms with Crippen molar-refractivity contribution in [1.82, 2.24) is 10.2 Å².